The van der Waals surface area contributed by atoms with E-state index in [-0.39, 0.29) is 29.8 Å². The monoisotopic (exact) mass is 487 g/mol. The van der Waals surface area contributed by atoms with E-state index in [0.717, 1.165) is 46.5 Å². The van der Waals surface area contributed by atoms with Crippen LogP contribution in [0, 0.1) is 0 Å². The van der Waals surface area contributed by atoms with Gasteiger partial charge in [0.05, 0.1) is 28.8 Å². The van der Waals surface area contributed by atoms with Gasteiger partial charge in [0.2, 0.25) is 0 Å². The van der Waals surface area contributed by atoms with E-state index in [4.69, 9.17) is 15.5 Å². The summed E-state index contributed by atoms with van der Waals surface area (Å²) < 4.78 is 33.6. The minimum Gasteiger partial charge on any atom is -0.434 e. The molecule has 3 atom stereocenters. The first-order valence-corrected chi connectivity index (χ1v) is 12.0. The number of benzene rings is 2. The number of halogens is 2. The Morgan fingerprint density at radius 2 is 2.00 bits per heavy atom. The van der Waals surface area contributed by atoms with Crippen LogP contribution in [0.25, 0.3) is 22.2 Å². The summed E-state index contributed by atoms with van der Waals surface area (Å²) in [5, 5.41) is 0. The van der Waals surface area contributed by atoms with Gasteiger partial charge < -0.3 is 19.9 Å². The molecule has 7 rings (SSSR count). The van der Waals surface area contributed by atoms with Gasteiger partial charge in [-0.05, 0) is 54.3 Å². The lowest BCUT2D eigenvalue weighted by atomic mass is 9.97. The van der Waals surface area contributed by atoms with Crippen LogP contribution < -0.4 is 10.5 Å². The number of carbonyl (C=O) groups excluding carboxylic acids is 1. The van der Waals surface area contributed by atoms with Crippen LogP contribution >= 0.6 is 0 Å². The SMILES string of the molecule is CN1C(=O)c2cccc(OC(F)F)c2[C@H]2C[C@@H]1c1nc3ccc(-c4cnc5c(c4)CC[C@@H]5N)cc3n12. The Labute approximate surface area is 205 Å². The maximum absolute atomic E-state index is 13.3. The molecule has 1 aliphatic carbocycles. The first-order chi connectivity index (χ1) is 17.4. The molecular formula is C27H23F2N5O2. The summed E-state index contributed by atoms with van der Waals surface area (Å²) in [6.45, 7) is -2.99. The van der Waals surface area contributed by atoms with Gasteiger partial charge in [-0.1, -0.05) is 12.1 Å². The fourth-order valence-corrected chi connectivity index (χ4v) is 6.12. The van der Waals surface area contributed by atoms with Crippen molar-refractivity contribution in [3.63, 3.8) is 0 Å². The van der Waals surface area contributed by atoms with Gasteiger partial charge in [0.1, 0.15) is 11.6 Å². The quantitative estimate of drug-likeness (QED) is 0.450. The van der Waals surface area contributed by atoms with E-state index in [1.807, 2.05) is 18.3 Å². The highest BCUT2D eigenvalue weighted by Crippen LogP contribution is 2.50. The van der Waals surface area contributed by atoms with Crippen molar-refractivity contribution in [3.8, 4) is 16.9 Å². The van der Waals surface area contributed by atoms with Crippen molar-refractivity contribution in [2.24, 2.45) is 5.73 Å². The Kier molecular flexibility index (Phi) is 4.51. The van der Waals surface area contributed by atoms with E-state index in [0.29, 0.717) is 17.5 Å². The normalized spacial score (nSPS) is 22.1. The predicted octanol–water partition coefficient (Wildman–Crippen LogP) is 4.77. The summed E-state index contributed by atoms with van der Waals surface area (Å²) in [6.07, 6.45) is 4.21. The highest BCUT2D eigenvalue weighted by atomic mass is 19.3. The molecule has 0 unspecified atom stereocenters. The molecule has 2 aromatic carbocycles. The van der Waals surface area contributed by atoms with Crippen LogP contribution in [0.15, 0.2) is 48.7 Å². The van der Waals surface area contributed by atoms with E-state index >= 15 is 0 Å². The summed E-state index contributed by atoms with van der Waals surface area (Å²) in [6, 6.07) is 12.3. The smallest absolute Gasteiger partial charge is 0.387 e. The van der Waals surface area contributed by atoms with Crippen molar-refractivity contribution in [1.82, 2.24) is 19.4 Å². The van der Waals surface area contributed by atoms with Crippen LogP contribution in [-0.2, 0) is 6.42 Å². The zero-order valence-corrected chi connectivity index (χ0v) is 19.5. The Bertz CT molecular complexity index is 1570. The second kappa shape index (κ2) is 7.57. The fraction of sp³-hybridized carbons (Fsp3) is 0.296. The lowest BCUT2D eigenvalue weighted by Gasteiger charge is -2.24. The number of imidazole rings is 1. The van der Waals surface area contributed by atoms with Gasteiger partial charge in [0.15, 0.2) is 0 Å². The van der Waals surface area contributed by atoms with Gasteiger partial charge in [-0.25, -0.2) is 4.98 Å². The zero-order valence-electron chi connectivity index (χ0n) is 19.5. The maximum Gasteiger partial charge on any atom is 0.387 e. The summed E-state index contributed by atoms with van der Waals surface area (Å²) in [7, 11) is 1.74. The summed E-state index contributed by atoms with van der Waals surface area (Å²) in [4.78, 5) is 24.4. The molecule has 4 heterocycles. The third kappa shape index (κ3) is 2.95. The highest BCUT2D eigenvalue weighted by Gasteiger charge is 2.45. The Hall–Kier alpha value is -3.85. The molecule has 0 spiro atoms. The molecule has 0 radical (unpaired) electrons. The number of hydrogen-bond donors (Lipinski definition) is 1. The van der Waals surface area contributed by atoms with Gasteiger partial charge in [0.25, 0.3) is 5.91 Å². The zero-order chi connectivity index (χ0) is 24.7. The predicted molar refractivity (Wildman–Crippen MR) is 129 cm³/mol. The maximum atomic E-state index is 13.3. The number of alkyl halides is 2. The van der Waals surface area contributed by atoms with E-state index < -0.39 is 6.61 Å². The van der Waals surface area contributed by atoms with Crippen LogP contribution in [0.4, 0.5) is 8.78 Å². The van der Waals surface area contributed by atoms with E-state index in [2.05, 4.69) is 21.7 Å². The molecule has 182 valence electrons. The average Bonchev–Trinajstić information content (AvgIpc) is 3.52. The summed E-state index contributed by atoms with van der Waals surface area (Å²) in [5.74, 6) is 0.553. The van der Waals surface area contributed by atoms with Gasteiger partial charge in [0, 0.05) is 42.4 Å². The second-order valence-corrected chi connectivity index (χ2v) is 9.74. The van der Waals surface area contributed by atoms with Crippen LogP contribution in [0.1, 0.15) is 64.0 Å². The number of ether oxygens (including phenoxy) is 1. The van der Waals surface area contributed by atoms with Crippen molar-refractivity contribution in [2.45, 2.75) is 44.0 Å². The van der Waals surface area contributed by atoms with Gasteiger partial charge >= 0.3 is 6.61 Å². The van der Waals surface area contributed by atoms with Crippen molar-refractivity contribution in [2.75, 3.05) is 7.05 Å². The van der Waals surface area contributed by atoms with Crippen LogP contribution in [-0.4, -0.2) is 39.0 Å². The minimum absolute atomic E-state index is 0.0118. The Morgan fingerprint density at radius 3 is 2.83 bits per heavy atom. The van der Waals surface area contributed by atoms with Gasteiger partial charge in [-0.15, -0.1) is 0 Å². The standard InChI is InChI=1S/C27H23F2N5O2/c1-33-21-11-20(23-16(26(33)35)3-2-4-22(23)36-27(28)29)34-19-10-13(6-8-18(19)32-25(21)34)15-9-14-5-7-17(30)24(14)31-12-15/h2-4,6,8-10,12,17,20-21,27H,5,7,11,30H2,1H3/t17-,20+,21+/m0/s1. The molecular weight excluding hydrogens is 464 g/mol. The number of carbonyl (C=O) groups is 1. The molecule has 0 saturated carbocycles. The molecule has 0 saturated heterocycles. The minimum atomic E-state index is -2.99. The third-order valence-electron chi connectivity index (χ3n) is 7.82. The molecule has 2 bridgehead atoms. The first kappa shape index (κ1) is 21.4. The molecule has 2 aliphatic heterocycles. The number of rotatable bonds is 3. The molecule has 4 aromatic rings. The molecule has 3 aliphatic rings. The van der Waals surface area contributed by atoms with E-state index in [9.17, 15) is 13.6 Å². The van der Waals surface area contributed by atoms with Gasteiger partial charge in [-0.2, -0.15) is 8.78 Å². The molecule has 36 heavy (non-hydrogen) atoms. The molecule has 2 aromatic heterocycles. The molecule has 1 amide bonds. The van der Waals surface area contributed by atoms with Crippen molar-refractivity contribution < 1.29 is 18.3 Å². The summed E-state index contributed by atoms with van der Waals surface area (Å²) >= 11 is 0. The van der Waals surface area contributed by atoms with Gasteiger partial charge in [-0.3, -0.25) is 9.78 Å². The Balaban J connectivity index is 1.42. The topological polar surface area (TPSA) is 86.3 Å². The first-order valence-electron chi connectivity index (χ1n) is 12.0. The number of amides is 1. The van der Waals surface area contributed by atoms with Crippen LogP contribution in [0.3, 0.4) is 0 Å². The van der Waals surface area contributed by atoms with Crippen molar-refractivity contribution in [3.05, 3.63) is 76.9 Å². The summed E-state index contributed by atoms with van der Waals surface area (Å²) in [5.41, 5.74) is 12.8. The molecule has 2 N–H and O–H groups in total. The number of hydrogen-bond acceptors (Lipinski definition) is 5. The number of pyridine rings is 1. The van der Waals surface area contributed by atoms with Crippen molar-refractivity contribution in [1.29, 1.82) is 0 Å². The molecule has 0 fully saturated rings. The Morgan fingerprint density at radius 1 is 1.14 bits per heavy atom. The van der Waals surface area contributed by atoms with E-state index in [1.165, 1.54) is 11.6 Å². The average molecular weight is 488 g/mol. The molecule has 9 heteroatoms. The van der Waals surface area contributed by atoms with Crippen molar-refractivity contribution >= 4 is 16.9 Å². The fourth-order valence-electron chi connectivity index (χ4n) is 6.12. The van der Waals surface area contributed by atoms with E-state index in [1.54, 1.807) is 24.1 Å². The number of fused-ring (bicyclic) bond motifs is 10. The second-order valence-electron chi connectivity index (χ2n) is 9.74. The third-order valence-corrected chi connectivity index (χ3v) is 7.82. The highest BCUT2D eigenvalue weighted by molar-refractivity contribution is 5.98. The number of nitrogens with zero attached hydrogens (tertiary/aromatic N) is 4. The number of aromatic nitrogens is 3. The van der Waals surface area contributed by atoms with Crippen LogP contribution in [0.5, 0.6) is 5.75 Å². The lowest BCUT2D eigenvalue weighted by Crippen LogP contribution is -2.30. The van der Waals surface area contributed by atoms with Crippen LogP contribution in [0.2, 0.25) is 0 Å². The number of nitrogens with two attached hydrogens (primary N) is 1. The molecule has 7 nitrogen and oxygen atoms in total. The number of aryl methyl sites for hydroxylation is 1. The largest absolute Gasteiger partial charge is 0.434 e. The lowest BCUT2D eigenvalue weighted by molar-refractivity contribution is -0.0507.